The van der Waals surface area contributed by atoms with Crippen LogP contribution in [0, 0.1) is 0 Å². The summed E-state index contributed by atoms with van der Waals surface area (Å²) in [5.74, 6) is -3.16. The number of β-lactam (4-membered cyclic amide) rings is 1. The molecule has 2 atom stereocenters. The van der Waals surface area contributed by atoms with Gasteiger partial charge in [-0.3, -0.25) is 19.3 Å². The van der Waals surface area contributed by atoms with Crippen molar-refractivity contribution in [1.82, 2.24) is 15.2 Å². The number of nitrogen functional groups attached to an aromatic ring is 1. The average Bonchev–Trinajstić information content (AvgIpc) is 3.04. The highest BCUT2D eigenvalue weighted by Crippen LogP contribution is 2.37. The van der Waals surface area contributed by atoms with E-state index < -0.39 is 41.6 Å². The summed E-state index contributed by atoms with van der Waals surface area (Å²) >= 11 is 2.41. The van der Waals surface area contributed by atoms with Gasteiger partial charge in [0.05, 0.1) is 17.7 Å². The second kappa shape index (κ2) is 8.41. The van der Waals surface area contributed by atoms with E-state index in [0.29, 0.717) is 5.75 Å². The lowest BCUT2D eigenvalue weighted by molar-refractivity contribution is -0.150. The van der Waals surface area contributed by atoms with Gasteiger partial charge in [-0.15, -0.1) is 23.1 Å². The number of aromatic nitrogens is 1. The summed E-state index contributed by atoms with van der Waals surface area (Å²) in [6.45, 7) is 0. The van der Waals surface area contributed by atoms with Crippen LogP contribution in [0.25, 0.3) is 5.57 Å². The molecule has 0 bridgehead atoms. The molecule has 150 valence electrons. The highest BCUT2D eigenvalue weighted by molar-refractivity contribution is 8.00. The molecule has 2 amide bonds. The molecule has 7 N–H and O–H groups in total. The molecule has 1 saturated heterocycles. The number of anilines is 1. The number of amides is 2. The normalized spacial score (nSPS) is 21.0. The van der Waals surface area contributed by atoms with E-state index in [1.807, 2.05) is 0 Å². The van der Waals surface area contributed by atoms with Gasteiger partial charge in [0.1, 0.15) is 17.1 Å². The molecular formula is C15H16N4O7S2. The monoisotopic (exact) mass is 428 g/mol. The number of carboxylic acid groups (broad SMARTS) is 2. The predicted octanol–water partition coefficient (Wildman–Crippen LogP) is -0.873. The Morgan fingerprint density at radius 3 is 2.68 bits per heavy atom. The molecule has 0 aliphatic carbocycles. The van der Waals surface area contributed by atoms with Gasteiger partial charge >= 0.3 is 11.9 Å². The predicted molar refractivity (Wildman–Crippen MR) is 101 cm³/mol. The van der Waals surface area contributed by atoms with Crippen LogP contribution in [0.2, 0.25) is 0 Å². The van der Waals surface area contributed by atoms with Crippen LogP contribution in [0.4, 0.5) is 5.13 Å². The maximum absolute atomic E-state index is 12.6. The van der Waals surface area contributed by atoms with E-state index in [0.717, 1.165) is 16.2 Å². The van der Waals surface area contributed by atoms with Gasteiger partial charge in [0.2, 0.25) is 0 Å². The summed E-state index contributed by atoms with van der Waals surface area (Å²) < 4.78 is 0. The van der Waals surface area contributed by atoms with Crippen LogP contribution in [0.3, 0.4) is 0 Å². The van der Waals surface area contributed by atoms with Crippen molar-refractivity contribution in [2.24, 2.45) is 0 Å². The van der Waals surface area contributed by atoms with Gasteiger partial charge in [0.15, 0.2) is 5.13 Å². The zero-order valence-electron chi connectivity index (χ0n) is 14.1. The Bertz CT molecular complexity index is 895. The van der Waals surface area contributed by atoms with Crippen molar-refractivity contribution < 1.29 is 34.9 Å². The highest BCUT2D eigenvalue weighted by Gasteiger charge is 2.52. The molecule has 1 aromatic heterocycles. The molecule has 13 heteroatoms. The minimum atomic E-state index is -1.21. The van der Waals surface area contributed by atoms with Crippen LogP contribution in [-0.2, 0) is 19.2 Å². The smallest absolute Gasteiger partial charge is 0.352 e. The quantitative estimate of drug-likeness (QED) is 0.329. The summed E-state index contributed by atoms with van der Waals surface area (Å²) in [6.07, 6.45) is 2.23. The number of fused-ring (bicyclic) bond motifs is 1. The number of nitrogens with zero attached hydrogens (tertiary/aromatic N) is 2. The SMILES string of the molecule is Nc1nc(/C(=C/CC(=O)O)C(=O)NC2C(=O)N3C(C(=O)O)=CCS[C@H]23)cs1.O. The third-order valence-corrected chi connectivity index (χ3v) is 5.73. The Morgan fingerprint density at radius 1 is 1.39 bits per heavy atom. The van der Waals surface area contributed by atoms with Crippen molar-refractivity contribution in [2.75, 3.05) is 11.5 Å². The van der Waals surface area contributed by atoms with E-state index in [4.69, 9.17) is 15.9 Å². The summed E-state index contributed by atoms with van der Waals surface area (Å²) in [5, 5.41) is 21.8. The number of carbonyl (C=O) groups excluding carboxylic acids is 2. The van der Waals surface area contributed by atoms with Gasteiger partial charge in [-0.25, -0.2) is 9.78 Å². The molecule has 3 rings (SSSR count). The third-order valence-electron chi connectivity index (χ3n) is 3.88. The summed E-state index contributed by atoms with van der Waals surface area (Å²) in [5.41, 5.74) is 5.66. The van der Waals surface area contributed by atoms with Crippen molar-refractivity contribution in [1.29, 1.82) is 0 Å². The summed E-state index contributed by atoms with van der Waals surface area (Å²) in [4.78, 5) is 52.1. The summed E-state index contributed by atoms with van der Waals surface area (Å²) in [6, 6.07) is -0.908. The Hall–Kier alpha value is -2.90. The van der Waals surface area contributed by atoms with Gasteiger partial charge in [0, 0.05) is 11.1 Å². The lowest BCUT2D eigenvalue weighted by Gasteiger charge is -2.48. The largest absolute Gasteiger partial charge is 0.481 e. The molecule has 0 aromatic carbocycles. The van der Waals surface area contributed by atoms with E-state index >= 15 is 0 Å². The Balaban J connectivity index is 0.00000280. The maximum Gasteiger partial charge on any atom is 0.352 e. The first-order valence-electron chi connectivity index (χ1n) is 7.62. The molecule has 2 aliphatic rings. The second-order valence-electron chi connectivity index (χ2n) is 5.56. The maximum atomic E-state index is 12.6. The van der Waals surface area contributed by atoms with Gasteiger partial charge < -0.3 is 26.7 Å². The molecule has 3 heterocycles. The molecule has 11 nitrogen and oxygen atoms in total. The van der Waals surface area contributed by atoms with E-state index in [-0.39, 0.29) is 27.6 Å². The Kier molecular flexibility index (Phi) is 6.43. The molecule has 1 unspecified atom stereocenters. The van der Waals surface area contributed by atoms with E-state index in [1.165, 1.54) is 29.3 Å². The van der Waals surface area contributed by atoms with Crippen molar-refractivity contribution in [3.8, 4) is 0 Å². The minimum Gasteiger partial charge on any atom is -0.481 e. The molecule has 0 saturated carbocycles. The van der Waals surface area contributed by atoms with Crippen LogP contribution >= 0.6 is 23.1 Å². The van der Waals surface area contributed by atoms with Crippen LogP contribution in [0.1, 0.15) is 12.1 Å². The number of nitrogens with one attached hydrogen (secondary N) is 1. The van der Waals surface area contributed by atoms with Crippen molar-refractivity contribution >= 4 is 57.6 Å². The number of thiazole rings is 1. The van der Waals surface area contributed by atoms with Crippen LogP contribution in [-0.4, -0.2) is 66.5 Å². The molecule has 1 aromatic rings. The number of hydrogen-bond donors (Lipinski definition) is 4. The standard InChI is InChI=1S/C15H14N4O6S2.H2O/c16-15-17-7(5-27-15)6(1-2-9(20)21)11(22)18-10-12(23)19-8(14(24)25)3-4-26-13(10)19;/h1,3,5,10,13H,2,4H2,(H2,16,17)(H,18,22)(H,20,21)(H,24,25);1H2/b6-1-;/t10?,13-;/m1./s1. The Labute approximate surface area is 166 Å². The van der Waals surface area contributed by atoms with Crippen molar-refractivity contribution in [3.05, 3.63) is 28.9 Å². The van der Waals surface area contributed by atoms with Gasteiger partial charge in [0.25, 0.3) is 11.8 Å². The first kappa shape index (κ1) is 21.4. The number of aliphatic carboxylic acids is 2. The van der Waals surface area contributed by atoms with Crippen LogP contribution < -0.4 is 11.1 Å². The van der Waals surface area contributed by atoms with Gasteiger partial charge in [-0.2, -0.15) is 0 Å². The topological polar surface area (TPSA) is 194 Å². The number of carboxylic acids is 2. The third kappa shape index (κ3) is 4.00. The molecule has 28 heavy (non-hydrogen) atoms. The first-order valence-corrected chi connectivity index (χ1v) is 9.54. The number of nitrogens with two attached hydrogens (primary N) is 1. The number of rotatable bonds is 6. The second-order valence-corrected chi connectivity index (χ2v) is 7.60. The van der Waals surface area contributed by atoms with E-state index in [9.17, 15) is 19.2 Å². The molecular weight excluding hydrogens is 412 g/mol. The molecule has 1 fully saturated rings. The fourth-order valence-corrected chi connectivity index (χ4v) is 4.43. The number of hydrogen-bond acceptors (Lipinski definition) is 8. The van der Waals surface area contributed by atoms with E-state index in [2.05, 4.69) is 10.3 Å². The fourth-order valence-electron chi connectivity index (χ4n) is 2.67. The highest BCUT2D eigenvalue weighted by atomic mass is 32.2. The number of thioether (sulfide) groups is 1. The molecule has 2 aliphatic heterocycles. The zero-order valence-corrected chi connectivity index (χ0v) is 15.7. The van der Waals surface area contributed by atoms with Gasteiger partial charge in [-0.1, -0.05) is 6.08 Å². The lowest BCUT2D eigenvalue weighted by Crippen LogP contribution is -2.70. The van der Waals surface area contributed by atoms with Crippen molar-refractivity contribution in [2.45, 2.75) is 17.8 Å². The van der Waals surface area contributed by atoms with Crippen LogP contribution in [0.15, 0.2) is 23.2 Å². The van der Waals surface area contributed by atoms with Gasteiger partial charge in [-0.05, 0) is 6.08 Å². The first-order chi connectivity index (χ1) is 12.8. The minimum absolute atomic E-state index is 0. The lowest BCUT2D eigenvalue weighted by atomic mass is 10.0. The average molecular weight is 428 g/mol. The fraction of sp³-hybridized carbons (Fsp3) is 0.267. The molecule has 0 spiro atoms. The summed E-state index contributed by atoms with van der Waals surface area (Å²) in [7, 11) is 0. The number of carbonyl (C=O) groups is 4. The Morgan fingerprint density at radius 2 is 2.11 bits per heavy atom. The zero-order chi connectivity index (χ0) is 19.7. The van der Waals surface area contributed by atoms with Crippen LogP contribution in [0.5, 0.6) is 0 Å². The van der Waals surface area contributed by atoms with Crippen molar-refractivity contribution in [3.63, 3.8) is 0 Å². The van der Waals surface area contributed by atoms with E-state index in [1.54, 1.807) is 0 Å². The molecule has 0 radical (unpaired) electrons.